The lowest BCUT2D eigenvalue weighted by Gasteiger charge is -2.23. The number of hydrogen-bond donors (Lipinski definition) is 2. The number of benzene rings is 2. The first-order chi connectivity index (χ1) is 17.0. The summed E-state index contributed by atoms with van der Waals surface area (Å²) in [5.74, 6) is -0.192. The second kappa shape index (κ2) is 9.97. The average molecular weight is 495 g/mol. The van der Waals surface area contributed by atoms with Gasteiger partial charge in [-0.25, -0.2) is 14.4 Å². The van der Waals surface area contributed by atoms with Gasteiger partial charge in [-0.1, -0.05) is 23.7 Å². The van der Waals surface area contributed by atoms with Crippen molar-refractivity contribution < 1.29 is 13.9 Å². The van der Waals surface area contributed by atoms with Crippen LogP contribution >= 0.6 is 11.6 Å². The first-order valence-corrected chi connectivity index (χ1v) is 11.7. The van der Waals surface area contributed by atoms with Crippen molar-refractivity contribution >= 4 is 34.4 Å². The molecule has 0 aliphatic carbocycles. The Kier molecular flexibility index (Phi) is 6.61. The molecular weight excluding hydrogens is 471 g/mol. The topological polar surface area (TPSA) is 94.0 Å². The van der Waals surface area contributed by atoms with Gasteiger partial charge in [0, 0.05) is 49.0 Å². The van der Waals surface area contributed by atoms with Gasteiger partial charge in [-0.15, -0.1) is 0 Å². The van der Waals surface area contributed by atoms with Gasteiger partial charge in [0.1, 0.15) is 5.82 Å². The number of anilines is 1. The zero-order valence-corrected chi connectivity index (χ0v) is 19.8. The van der Waals surface area contributed by atoms with Crippen LogP contribution in [0.3, 0.4) is 0 Å². The number of nitrogens with zero attached hydrogens (tertiary/aromatic N) is 4. The van der Waals surface area contributed by atoms with E-state index in [1.54, 1.807) is 36.1 Å². The lowest BCUT2D eigenvalue weighted by atomic mass is 10.1. The van der Waals surface area contributed by atoms with E-state index in [4.69, 9.17) is 16.3 Å². The highest BCUT2D eigenvalue weighted by Gasteiger charge is 2.16. The van der Waals surface area contributed by atoms with Crippen molar-refractivity contribution in [2.24, 2.45) is 7.05 Å². The maximum Gasteiger partial charge on any atom is 0.251 e. The van der Waals surface area contributed by atoms with E-state index < -0.39 is 5.82 Å². The Labute approximate surface area is 206 Å². The van der Waals surface area contributed by atoms with Gasteiger partial charge < -0.3 is 15.4 Å². The van der Waals surface area contributed by atoms with Crippen LogP contribution < -0.4 is 10.6 Å². The summed E-state index contributed by atoms with van der Waals surface area (Å²) in [7, 11) is 1.77. The second-order valence-electron chi connectivity index (χ2n) is 8.45. The molecule has 35 heavy (non-hydrogen) atoms. The zero-order valence-electron chi connectivity index (χ0n) is 19.1. The number of fused-ring (bicyclic) bond motifs is 1. The molecule has 5 rings (SSSR count). The number of halogens is 2. The Morgan fingerprint density at radius 2 is 2.03 bits per heavy atom. The van der Waals surface area contributed by atoms with E-state index in [-0.39, 0.29) is 23.5 Å². The van der Waals surface area contributed by atoms with E-state index in [2.05, 4.69) is 25.7 Å². The first-order valence-electron chi connectivity index (χ1n) is 11.3. The highest BCUT2D eigenvalue weighted by Crippen LogP contribution is 2.25. The summed E-state index contributed by atoms with van der Waals surface area (Å²) in [6.45, 7) is 1.68. The molecule has 0 atom stereocenters. The Balaban J connectivity index is 1.27. The van der Waals surface area contributed by atoms with Gasteiger partial charge in [0.25, 0.3) is 5.91 Å². The summed E-state index contributed by atoms with van der Waals surface area (Å²) >= 11 is 5.78. The van der Waals surface area contributed by atoms with Gasteiger partial charge in [-0.2, -0.15) is 5.10 Å². The van der Waals surface area contributed by atoms with Crippen LogP contribution in [0.1, 0.15) is 28.9 Å². The Bertz CT molecular complexity index is 1390. The fraction of sp³-hybridized carbons (Fsp3) is 0.280. The quantitative estimate of drug-likeness (QED) is 0.414. The summed E-state index contributed by atoms with van der Waals surface area (Å²) in [6.07, 6.45) is 3.57. The zero-order chi connectivity index (χ0) is 24.4. The molecule has 0 bridgehead atoms. The molecule has 2 aromatic carbocycles. The molecule has 8 nitrogen and oxygen atoms in total. The normalized spacial score (nSPS) is 14.3. The largest absolute Gasteiger partial charge is 0.381 e. The minimum atomic E-state index is -0.494. The number of aromatic nitrogens is 4. The monoisotopic (exact) mass is 494 g/mol. The number of carbonyl (C=O) groups is 1. The SMILES string of the molecule is Cn1nc(CNC(=O)c2ccc3cnc(NC4CCOCC4)nc3c2)cc1-c1ccc(Cl)c(F)c1. The maximum absolute atomic E-state index is 13.9. The fourth-order valence-corrected chi connectivity index (χ4v) is 4.19. The van der Waals surface area contributed by atoms with Gasteiger partial charge in [0.05, 0.1) is 28.5 Å². The molecule has 180 valence electrons. The molecule has 1 amide bonds. The van der Waals surface area contributed by atoms with E-state index in [1.165, 1.54) is 12.1 Å². The van der Waals surface area contributed by atoms with Gasteiger partial charge in [-0.05, 0) is 43.2 Å². The minimum Gasteiger partial charge on any atom is -0.381 e. The molecule has 1 aliphatic heterocycles. The smallest absolute Gasteiger partial charge is 0.251 e. The summed E-state index contributed by atoms with van der Waals surface area (Å²) in [4.78, 5) is 21.8. The molecule has 0 spiro atoms. The van der Waals surface area contributed by atoms with Crippen molar-refractivity contribution in [2.75, 3.05) is 18.5 Å². The van der Waals surface area contributed by atoms with Crippen molar-refractivity contribution in [1.29, 1.82) is 0 Å². The third kappa shape index (κ3) is 5.26. The van der Waals surface area contributed by atoms with Gasteiger partial charge in [0.15, 0.2) is 0 Å². The van der Waals surface area contributed by atoms with Crippen LogP contribution in [-0.2, 0) is 18.3 Å². The third-order valence-electron chi connectivity index (χ3n) is 5.98. The summed E-state index contributed by atoms with van der Waals surface area (Å²) < 4.78 is 20.9. The molecule has 1 saturated heterocycles. The summed E-state index contributed by atoms with van der Waals surface area (Å²) in [5.41, 5.74) is 3.20. The molecular formula is C25H24ClFN6O2. The number of amides is 1. The van der Waals surface area contributed by atoms with Gasteiger partial charge in [0.2, 0.25) is 5.95 Å². The molecule has 3 heterocycles. The molecule has 1 aliphatic rings. The van der Waals surface area contributed by atoms with Crippen molar-refractivity contribution in [3.63, 3.8) is 0 Å². The molecule has 0 unspecified atom stereocenters. The number of aryl methyl sites for hydroxylation is 1. The van der Waals surface area contributed by atoms with Crippen LogP contribution in [0.5, 0.6) is 0 Å². The van der Waals surface area contributed by atoms with Gasteiger partial charge in [-0.3, -0.25) is 9.48 Å². The van der Waals surface area contributed by atoms with Crippen molar-refractivity contribution in [3.8, 4) is 11.3 Å². The molecule has 0 radical (unpaired) electrons. The molecule has 0 saturated carbocycles. The highest BCUT2D eigenvalue weighted by molar-refractivity contribution is 6.30. The molecule has 10 heteroatoms. The van der Waals surface area contributed by atoms with Crippen molar-refractivity contribution in [1.82, 2.24) is 25.1 Å². The van der Waals surface area contributed by atoms with Crippen LogP contribution in [0, 0.1) is 5.82 Å². The molecule has 1 fully saturated rings. The van der Waals surface area contributed by atoms with Crippen LogP contribution in [0.15, 0.2) is 48.7 Å². The van der Waals surface area contributed by atoms with Crippen LogP contribution in [0.25, 0.3) is 22.2 Å². The van der Waals surface area contributed by atoms with Crippen molar-refractivity contribution in [2.45, 2.75) is 25.4 Å². The van der Waals surface area contributed by atoms with Crippen molar-refractivity contribution in [3.05, 3.63) is 70.8 Å². The van der Waals surface area contributed by atoms with E-state index >= 15 is 0 Å². The van der Waals surface area contributed by atoms with Crippen LogP contribution in [-0.4, -0.2) is 44.9 Å². The fourth-order valence-electron chi connectivity index (χ4n) is 4.07. The minimum absolute atomic E-state index is 0.0653. The predicted molar refractivity (Wildman–Crippen MR) is 132 cm³/mol. The molecule has 4 aromatic rings. The average Bonchev–Trinajstić information content (AvgIpc) is 3.24. The predicted octanol–water partition coefficient (Wildman–Crippen LogP) is 4.34. The van der Waals surface area contributed by atoms with E-state index in [0.29, 0.717) is 28.3 Å². The number of hydrogen-bond acceptors (Lipinski definition) is 6. The number of ether oxygens (including phenoxy) is 1. The van der Waals surface area contributed by atoms with E-state index in [0.717, 1.165) is 37.1 Å². The first kappa shape index (κ1) is 23.2. The Morgan fingerprint density at radius 3 is 2.83 bits per heavy atom. The number of carbonyl (C=O) groups excluding carboxylic acids is 1. The van der Waals surface area contributed by atoms with Crippen LogP contribution in [0.4, 0.5) is 10.3 Å². The summed E-state index contributed by atoms with van der Waals surface area (Å²) in [6, 6.07) is 12.0. The van der Waals surface area contributed by atoms with E-state index in [1.807, 2.05) is 12.1 Å². The lowest BCUT2D eigenvalue weighted by Crippen LogP contribution is -2.28. The number of nitrogens with one attached hydrogen (secondary N) is 2. The molecule has 2 N–H and O–H groups in total. The maximum atomic E-state index is 13.9. The third-order valence-corrected chi connectivity index (χ3v) is 6.28. The highest BCUT2D eigenvalue weighted by atomic mass is 35.5. The lowest BCUT2D eigenvalue weighted by molar-refractivity contribution is 0.0903. The Morgan fingerprint density at radius 1 is 1.20 bits per heavy atom. The summed E-state index contributed by atoms with van der Waals surface area (Å²) in [5, 5.41) is 11.6. The standard InChI is InChI=1S/C25H24ClFN6O2/c1-33-23(15-4-5-20(26)21(27)10-15)12-19(32-33)14-28-24(34)16-2-3-17-13-29-25(31-22(17)11-16)30-18-6-8-35-9-7-18/h2-5,10-13,18H,6-9,14H2,1H3,(H,28,34)(H,29,30,31). The number of rotatable bonds is 6. The van der Waals surface area contributed by atoms with Gasteiger partial charge >= 0.3 is 0 Å². The Hall–Kier alpha value is -3.56. The molecule has 2 aromatic heterocycles. The second-order valence-corrected chi connectivity index (χ2v) is 8.86. The van der Waals surface area contributed by atoms with E-state index in [9.17, 15) is 9.18 Å². The van der Waals surface area contributed by atoms with Crippen LogP contribution in [0.2, 0.25) is 5.02 Å².